The molecule has 1 aromatic carbocycles. The molecule has 1 aliphatic heterocycles. The summed E-state index contributed by atoms with van der Waals surface area (Å²) in [5, 5.41) is 2.94. The Hall–Kier alpha value is -2.16. The fourth-order valence-corrected chi connectivity index (χ4v) is 5.70. The number of quaternary nitrogens is 1. The van der Waals surface area contributed by atoms with Gasteiger partial charge < -0.3 is 14.6 Å². The predicted octanol–water partition coefficient (Wildman–Crippen LogP) is 0.535. The molecular weight excluding hydrogens is 390 g/mol. The third-order valence-electron chi connectivity index (χ3n) is 5.90. The van der Waals surface area contributed by atoms with Crippen molar-refractivity contribution < 1.29 is 22.5 Å². The van der Waals surface area contributed by atoms with E-state index in [4.69, 9.17) is 4.42 Å². The van der Waals surface area contributed by atoms with Gasteiger partial charge in [-0.25, -0.2) is 8.42 Å². The summed E-state index contributed by atoms with van der Waals surface area (Å²) >= 11 is 0. The Kier molecular flexibility index (Phi) is 5.76. The number of furan rings is 1. The van der Waals surface area contributed by atoms with Crippen LogP contribution in [-0.4, -0.2) is 51.4 Å². The van der Waals surface area contributed by atoms with E-state index in [0.717, 1.165) is 35.5 Å². The van der Waals surface area contributed by atoms with Crippen LogP contribution in [0.15, 0.2) is 45.9 Å². The number of piperazine rings is 1. The average molecular weight is 419 g/mol. The van der Waals surface area contributed by atoms with E-state index >= 15 is 0 Å². The summed E-state index contributed by atoms with van der Waals surface area (Å²) < 4.78 is 32.9. The average Bonchev–Trinajstić information content (AvgIpc) is 3.39. The predicted molar refractivity (Wildman–Crippen MR) is 108 cm³/mol. The summed E-state index contributed by atoms with van der Waals surface area (Å²) in [6.45, 7) is 4.30. The van der Waals surface area contributed by atoms with Crippen molar-refractivity contribution in [1.29, 1.82) is 0 Å². The van der Waals surface area contributed by atoms with Crippen molar-refractivity contribution in [3.63, 3.8) is 0 Å². The number of nitrogens with one attached hydrogen (secondary N) is 2. The first-order valence-electron chi connectivity index (χ1n) is 10.2. The zero-order valence-electron chi connectivity index (χ0n) is 16.7. The lowest BCUT2D eigenvalue weighted by Gasteiger charge is -2.31. The first kappa shape index (κ1) is 20.1. The van der Waals surface area contributed by atoms with Gasteiger partial charge in [-0.15, -0.1) is 0 Å². The zero-order chi connectivity index (χ0) is 20.4. The molecule has 2 aromatic rings. The van der Waals surface area contributed by atoms with Crippen LogP contribution in [0.2, 0.25) is 0 Å². The van der Waals surface area contributed by atoms with Crippen molar-refractivity contribution in [3.8, 4) is 0 Å². The Bertz CT molecular complexity index is 964. The van der Waals surface area contributed by atoms with Crippen LogP contribution in [0.4, 0.5) is 0 Å². The van der Waals surface area contributed by atoms with Crippen molar-refractivity contribution in [3.05, 3.63) is 53.5 Å². The first-order chi connectivity index (χ1) is 13.9. The molecular formula is C21H28N3O4S+. The standard InChI is InChI=1S/C21H27N3O4S/c1-16(20-6-3-13-28-20)22-21(25)15-23-9-11-24(12-10-23)29(26,27)19-8-7-17-4-2-5-18(17)14-19/h3,6-8,13-14,16H,2,4-5,9-12,15H2,1H3,(H,22,25)/p+1/t16-/m0/s1. The maximum Gasteiger partial charge on any atom is 0.275 e. The van der Waals surface area contributed by atoms with Crippen LogP contribution in [0.5, 0.6) is 0 Å². The number of hydrogen-bond donors (Lipinski definition) is 2. The Morgan fingerprint density at radius 2 is 1.97 bits per heavy atom. The number of benzene rings is 1. The van der Waals surface area contributed by atoms with E-state index in [9.17, 15) is 13.2 Å². The van der Waals surface area contributed by atoms with Crippen LogP contribution in [-0.2, 0) is 27.7 Å². The summed E-state index contributed by atoms with van der Waals surface area (Å²) in [6.07, 6.45) is 4.69. The molecule has 156 valence electrons. The zero-order valence-corrected chi connectivity index (χ0v) is 17.5. The Morgan fingerprint density at radius 3 is 2.69 bits per heavy atom. The Labute approximate surface area is 171 Å². The largest absolute Gasteiger partial charge is 0.467 e. The molecule has 29 heavy (non-hydrogen) atoms. The molecule has 1 fully saturated rings. The molecule has 0 spiro atoms. The number of nitrogens with zero attached hydrogens (tertiary/aromatic N) is 1. The van der Waals surface area contributed by atoms with E-state index < -0.39 is 10.0 Å². The SMILES string of the molecule is C[C@H](NC(=O)C[NH+]1CCN(S(=O)(=O)c2ccc3c(c2)CCC3)CC1)c1ccco1. The number of rotatable bonds is 6. The molecule has 1 amide bonds. The monoisotopic (exact) mass is 418 g/mol. The van der Waals surface area contributed by atoms with E-state index in [1.165, 1.54) is 5.56 Å². The van der Waals surface area contributed by atoms with Crippen molar-refractivity contribution in [2.75, 3.05) is 32.7 Å². The molecule has 0 radical (unpaired) electrons. The van der Waals surface area contributed by atoms with Gasteiger partial charge in [0.05, 0.1) is 43.4 Å². The lowest BCUT2D eigenvalue weighted by Crippen LogP contribution is -3.15. The normalized spacial score (nSPS) is 19.1. The van der Waals surface area contributed by atoms with E-state index in [1.807, 2.05) is 25.1 Å². The van der Waals surface area contributed by atoms with Gasteiger partial charge in [-0.1, -0.05) is 6.07 Å². The van der Waals surface area contributed by atoms with Gasteiger partial charge in [0.15, 0.2) is 6.54 Å². The molecule has 1 atom stereocenters. The number of aryl methyl sites for hydroxylation is 2. The molecule has 0 unspecified atom stereocenters. The van der Waals surface area contributed by atoms with Crippen LogP contribution in [0, 0.1) is 0 Å². The number of carbonyl (C=O) groups is 1. The maximum atomic E-state index is 13.0. The summed E-state index contributed by atoms with van der Waals surface area (Å²) in [6, 6.07) is 8.99. The molecule has 8 heteroatoms. The number of hydrogen-bond acceptors (Lipinski definition) is 4. The molecule has 7 nitrogen and oxygen atoms in total. The Balaban J connectivity index is 1.31. The smallest absolute Gasteiger partial charge is 0.275 e. The molecule has 2 heterocycles. The van der Waals surface area contributed by atoms with E-state index in [2.05, 4.69) is 5.32 Å². The van der Waals surface area contributed by atoms with Gasteiger partial charge >= 0.3 is 0 Å². The van der Waals surface area contributed by atoms with Crippen molar-refractivity contribution >= 4 is 15.9 Å². The molecule has 1 aromatic heterocycles. The minimum atomic E-state index is -3.48. The van der Waals surface area contributed by atoms with Gasteiger partial charge in [-0.05, 0) is 61.6 Å². The molecule has 1 saturated heterocycles. The molecule has 1 aliphatic carbocycles. The molecule has 4 rings (SSSR count). The fourth-order valence-electron chi connectivity index (χ4n) is 4.21. The quantitative estimate of drug-likeness (QED) is 0.717. The number of sulfonamides is 1. The third-order valence-corrected chi connectivity index (χ3v) is 7.79. The van der Waals surface area contributed by atoms with E-state index in [1.54, 1.807) is 22.7 Å². The maximum absolute atomic E-state index is 13.0. The van der Waals surface area contributed by atoms with Crippen molar-refractivity contribution in [1.82, 2.24) is 9.62 Å². The van der Waals surface area contributed by atoms with Gasteiger partial charge in [0, 0.05) is 0 Å². The summed E-state index contributed by atoms with van der Waals surface area (Å²) in [5.41, 5.74) is 2.44. The minimum Gasteiger partial charge on any atom is -0.467 e. The lowest BCUT2D eigenvalue weighted by atomic mass is 10.1. The van der Waals surface area contributed by atoms with Gasteiger partial charge in [-0.3, -0.25) is 4.79 Å². The van der Waals surface area contributed by atoms with Crippen molar-refractivity contribution in [2.45, 2.75) is 37.1 Å². The summed E-state index contributed by atoms with van der Waals surface area (Å²) in [5.74, 6) is 0.664. The highest BCUT2D eigenvalue weighted by Crippen LogP contribution is 2.26. The van der Waals surface area contributed by atoms with Crippen molar-refractivity contribution in [2.24, 2.45) is 0 Å². The van der Waals surface area contributed by atoms with Crippen LogP contribution in [0.25, 0.3) is 0 Å². The molecule has 0 bridgehead atoms. The highest BCUT2D eigenvalue weighted by molar-refractivity contribution is 7.89. The number of carbonyl (C=O) groups excluding carboxylic acids is 1. The second-order valence-corrected chi connectivity index (χ2v) is 9.86. The van der Waals surface area contributed by atoms with E-state index in [-0.39, 0.29) is 11.9 Å². The van der Waals surface area contributed by atoms with Crippen LogP contribution in [0.3, 0.4) is 0 Å². The molecule has 0 saturated carbocycles. The number of fused-ring (bicyclic) bond motifs is 1. The van der Waals surface area contributed by atoms with Crippen LogP contribution >= 0.6 is 0 Å². The van der Waals surface area contributed by atoms with Gasteiger partial charge in [0.2, 0.25) is 10.0 Å². The third kappa shape index (κ3) is 4.39. The molecule has 2 aliphatic rings. The first-order valence-corrected chi connectivity index (χ1v) is 11.7. The van der Waals surface area contributed by atoms with E-state index in [0.29, 0.717) is 37.6 Å². The fraction of sp³-hybridized carbons (Fsp3) is 0.476. The molecule has 2 N–H and O–H groups in total. The second kappa shape index (κ2) is 8.30. The highest BCUT2D eigenvalue weighted by Gasteiger charge is 2.32. The summed E-state index contributed by atoms with van der Waals surface area (Å²) in [4.78, 5) is 13.8. The Morgan fingerprint density at radius 1 is 1.21 bits per heavy atom. The van der Waals surface area contributed by atoms with Gasteiger partial charge in [0.25, 0.3) is 5.91 Å². The van der Waals surface area contributed by atoms with Crippen LogP contribution < -0.4 is 10.2 Å². The van der Waals surface area contributed by atoms with Gasteiger partial charge in [0.1, 0.15) is 5.76 Å². The minimum absolute atomic E-state index is 0.0566. The number of amides is 1. The van der Waals surface area contributed by atoms with Gasteiger partial charge in [-0.2, -0.15) is 4.31 Å². The topological polar surface area (TPSA) is 84.1 Å². The second-order valence-electron chi connectivity index (χ2n) is 7.92. The van der Waals surface area contributed by atoms with Crippen LogP contribution in [0.1, 0.15) is 36.3 Å². The highest BCUT2D eigenvalue weighted by atomic mass is 32.2. The summed E-state index contributed by atoms with van der Waals surface area (Å²) in [7, 11) is -3.48. The lowest BCUT2D eigenvalue weighted by molar-refractivity contribution is -0.895.